The Morgan fingerprint density at radius 3 is 2.34 bits per heavy atom. The number of rotatable bonds is 10. The second-order valence-corrected chi connectivity index (χ2v) is 7.79. The first kappa shape index (κ1) is 23.9. The van der Waals surface area contributed by atoms with Gasteiger partial charge in [-0.1, -0.05) is 23.5 Å². The second kappa shape index (κ2) is 10.7. The summed E-state index contributed by atoms with van der Waals surface area (Å²) in [6.45, 7) is -0.0946. The number of aliphatic hydroxyl groups excluding tert-OH is 1. The van der Waals surface area contributed by atoms with E-state index >= 15 is 0 Å². The molecule has 0 bridgehead atoms. The number of halogens is 4. The molecule has 0 aliphatic heterocycles. The molecule has 172 valence electrons. The molecule has 0 radical (unpaired) electrons. The van der Waals surface area contributed by atoms with Crippen molar-refractivity contribution < 1.29 is 32.1 Å². The molecule has 1 aromatic heterocycles. The normalized spacial score (nSPS) is 12.6. The minimum absolute atomic E-state index is 0.0391. The Morgan fingerprint density at radius 1 is 1.00 bits per heavy atom. The first-order valence-corrected chi connectivity index (χ1v) is 10.5. The summed E-state index contributed by atoms with van der Waals surface area (Å²) in [7, 11) is 0. The van der Waals surface area contributed by atoms with E-state index in [0.29, 0.717) is 17.8 Å². The summed E-state index contributed by atoms with van der Waals surface area (Å²) in [5, 5.41) is 17.4. The van der Waals surface area contributed by atoms with Gasteiger partial charge in [-0.15, -0.1) is 10.2 Å². The number of aliphatic hydroxyl groups is 1. The summed E-state index contributed by atoms with van der Waals surface area (Å²) in [4.78, 5) is 0. The number of unbranched alkanes of at least 4 members (excludes halogenated alkanes) is 1. The van der Waals surface area contributed by atoms with E-state index in [4.69, 9.17) is 20.3 Å². The highest BCUT2D eigenvalue weighted by molar-refractivity contribution is 7.14. The summed E-state index contributed by atoms with van der Waals surface area (Å²) in [5.41, 5.74) is 4.96. The average Bonchev–Trinajstić information content (AvgIpc) is 3.26. The van der Waals surface area contributed by atoms with Crippen LogP contribution in [0.5, 0.6) is 11.5 Å². The largest absolute Gasteiger partial charge is 0.493 e. The lowest BCUT2D eigenvalue weighted by atomic mass is 10.1. The van der Waals surface area contributed by atoms with Crippen LogP contribution in [-0.4, -0.2) is 35.1 Å². The van der Waals surface area contributed by atoms with Gasteiger partial charge in [-0.3, -0.25) is 0 Å². The molecule has 3 aromatic rings. The lowest BCUT2D eigenvalue weighted by Crippen LogP contribution is -2.13. The van der Waals surface area contributed by atoms with Crippen LogP contribution in [0.15, 0.2) is 42.5 Å². The number of alkyl halides is 3. The molecule has 3 N–H and O–H groups in total. The smallest absolute Gasteiger partial charge is 0.419 e. The number of para-hydroxylation sites is 1. The van der Waals surface area contributed by atoms with Gasteiger partial charge in [-0.05, 0) is 43.2 Å². The van der Waals surface area contributed by atoms with Gasteiger partial charge in [0.1, 0.15) is 15.8 Å². The number of benzene rings is 2. The molecule has 6 nitrogen and oxygen atoms in total. The second-order valence-electron chi connectivity index (χ2n) is 6.78. The van der Waals surface area contributed by atoms with E-state index in [1.165, 1.54) is 24.3 Å². The third kappa shape index (κ3) is 6.15. The number of hydrogen-bond donors (Lipinski definition) is 2. The number of aromatic nitrogens is 2. The van der Waals surface area contributed by atoms with Crippen LogP contribution in [0, 0.1) is 5.82 Å². The maximum absolute atomic E-state index is 13.6. The Kier molecular flexibility index (Phi) is 7.99. The zero-order valence-corrected chi connectivity index (χ0v) is 17.6. The van der Waals surface area contributed by atoms with Gasteiger partial charge in [-0.2, -0.15) is 13.2 Å². The van der Waals surface area contributed by atoms with Gasteiger partial charge < -0.3 is 20.3 Å². The summed E-state index contributed by atoms with van der Waals surface area (Å²) in [6, 6.07) is 8.88. The molecule has 0 saturated heterocycles. The highest BCUT2D eigenvalue weighted by atomic mass is 32.1. The summed E-state index contributed by atoms with van der Waals surface area (Å²) in [6.07, 6.45) is -3.73. The van der Waals surface area contributed by atoms with Gasteiger partial charge in [0.25, 0.3) is 0 Å². The molecule has 3 rings (SSSR count). The lowest BCUT2D eigenvalue weighted by molar-refractivity contribution is -0.138. The Bertz CT molecular complexity index is 1030. The molecule has 0 spiro atoms. The van der Waals surface area contributed by atoms with E-state index < -0.39 is 23.6 Å². The summed E-state index contributed by atoms with van der Waals surface area (Å²) >= 11 is 1.01. The Labute approximate surface area is 185 Å². The van der Waals surface area contributed by atoms with E-state index in [9.17, 15) is 17.6 Å². The van der Waals surface area contributed by atoms with Gasteiger partial charge in [0.15, 0.2) is 11.6 Å². The highest BCUT2D eigenvalue weighted by Crippen LogP contribution is 2.39. The topological polar surface area (TPSA) is 90.5 Å². The number of nitrogens with zero attached hydrogens (tertiary/aromatic N) is 2. The minimum atomic E-state index is -4.63. The van der Waals surface area contributed by atoms with Crippen LogP contribution in [0.2, 0.25) is 0 Å². The number of ether oxygens (including phenoxy) is 2. The van der Waals surface area contributed by atoms with Crippen molar-refractivity contribution in [1.29, 1.82) is 0 Å². The first-order valence-electron chi connectivity index (χ1n) is 9.71. The van der Waals surface area contributed by atoms with Crippen LogP contribution in [0.4, 0.5) is 17.6 Å². The molecule has 1 unspecified atom stereocenters. The molecule has 2 aromatic carbocycles. The average molecular weight is 471 g/mol. The van der Waals surface area contributed by atoms with E-state index in [1.807, 2.05) is 0 Å². The van der Waals surface area contributed by atoms with Crippen molar-refractivity contribution >= 4 is 11.3 Å². The minimum Gasteiger partial charge on any atom is -0.493 e. The molecule has 32 heavy (non-hydrogen) atoms. The van der Waals surface area contributed by atoms with Crippen LogP contribution in [0.1, 0.15) is 29.5 Å². The van der Waals surface area contributed by atoms with Crippen molar-refractivity contribution in [2.24, 2.45) is 5.73 Å². The highest BCUT2D eigenvalue weighted by Gasteiger charge is 2.35. The van der Waals surface area contributed by atoms with Crippen LogP contribution in [0.25, 0.3) is 10.6 Å². The molecule has 0 fully saturated rings. The zero-order chi connectivity index (χ0) is 23.1. The van der Waals surface area contributed by atoms with Crippen LogP contribution in [-0.2, 0) is 6.18 Å². The lowest BCUT2D eigenvalue weighted by Gasteiger charge is -2.15. The SMILES string of the molecule is NC(CO)c1nnc(-c2ccc(OCCCCOc3ccccc3F)c(C(F)(F)F)c2)s1. The maximum atomic E-state index is 13.6. The molecule has 1 atom stereocenters. The molecule has 0 saturated carbocycles. The number of nitrogens with two attached hydrogens (primary N) is 1. The fourth-order valence-corrected chi connectivity index (χ4v) is 3.55. The monoisotopic (exact) mass is 471 g/mol. The quantitative estimate of drug-likeness (QED) is 0.332. The molecule has 11 heteroatoms. The van der Waals surface area contributed by atoms with Crippen molar-refractivity contribution in [2.75, 3.05) is 19.8 Å². The zero-order valence-electron chi connectivity index (χ0n) is 16.8. The van der Waals surface area contributed by atoms with Crippen molar-refractivity contribution in [3.8, 4) is 22.1 Å². The van der Waals surface area contributed by atoms with Gasteiger partial charge in [-0.25, -0.2) is 4.39 Å². The van der Waals surface area contributed by atoms with Crippen molar-refractivity contribution in [3.63, 3.8) is 0 Å². The summed E-state index contributed by atoms with van der Waals surface area (Å²) in [5.74, 6) is -0.643. The Hall–Kier alpha value is -2.76. The van der Waals surface area contributed by atoms with Crippen molar-refractivity contribution in [3.05, 3.63) is 58.9 Å². The van der Waals surface area contributed by atoms with E-state index in [-0.39, 0.29) is 41.9 Å². The van der Waals surface area contributed by atoms with Gasteiger partial charge in [0.05, 0.1) is 31.4 Å². The molecule has 0 aliphatic rings. The van der Waals surface area contributed by atoms with Gasteiger partial charge >= 0.3 is 6.18 Å². The van der Waals surface area contributed by atoms with Crippen molar-refractivity contribution in [2.45, 2.75) is 25.1 Å². The molecular formula is C21H21F4N3O3S. The van der Waals surface area contributed by atoms with Crippen LogP contribution in [0.3, 0.4) is 0 Å². The van der Waals surface area contributed by atoms with E-state index in [0.717, 1.165) is 17.4 Å². The molecule has 0 aliphatic carbocycles. The van der Waals surface area contributed by atoms with Gasteiger partial charge in [0, 0.05) is 5.56 Å². The Balaban J connectivity index is 1.60. The molecular weight excluding hydrogens is 450 g/mol. The van der Waals surface area contributed by atoms with Gasteiger partial charge in [0.2, 0.25) is 0 Å². The van der Waals surface area contributed by atoms with E-state index in [2.05, 4.69) is 10.2 Å². The third-order valence-electron chi connectivity index (χ3n) is 4.38. The Morgan fingerprint density at radius 2 is 1.69 bits per heavy atom. The maximum Gasteiger partial charge on any atom is 0.419 e. The third-order valence-corrected chi connectivity index (χ3v) is 5.48. The standard InChI is InChI=1S/C21H21F4N3O3S/c22-15-5-1-2-6-18(15)31-10-4-3-9-30-17-8-7-13(11-14(17)21(23,24)25)19-27-28-20(32-19)16(26)12-29/h1-2,5-8,11,16,29H,3-4,9-10,12,26H2. The fourth-order valence-electron chi connectivity index (χ4n) is 2.72. The predicted molar refractivity (Wildman–Crippen MR) is 111 cm³/mol. The fraction of sp³-hybridized carbons (Fsp3) is 0.333. The predicted octanol–water partition coefficient (Wildman–Crippen LogP) is 4.59. The molecule has 0 amide bonds. The van der Waals surface area contributed by atoms with E-state index in [1.54, 1.807) is 12.1 Å². The molecule has 1 heterocycles. The van der Waals surface area contributed by atoms with Crippen molar-refractivity contribution in [1.82, 2.24) is 10.2 Å². The summed E-state index contributed by atoms with van der Waals surface area (Å²) < 4.78 is 64.8. The van der Waals surface area contributed by atoms with Crippen LogP contribution < -0.4 is 15.2 Å². The first-order chi connectivity index (χ1) is 15.3. The number of hydrogen-bond acceptors (Lipinski definition) is 7. The van der Waals surface area contributed by atoms with Crippen LogP contribution >= 0.6 is 11.3 Å².